The number of aliphatic imine (C=N–C) groups is 1. The van der Waals surface area contributed by atoms with Gasteiger partial charge in [-0.2, -0.15) is 0 Å². The molecule has 1 fully saturated rings. The Bertz CT molecular complexity index is 907. The first-order chi connectivity index (χ1) is 14.5. The maximum atomic E-state index is 5.53. The number of aromatic nitrogens is 2. The summed E-state index contributed by atoms with van der Waals surface area (Å²) in [5.41, 5.74) is 2.45. The summed E-state index contributed by atoms with van der Waals surface area (Å²) >= 11 is 5.53. The molecule has 0 amide bonds. The van der Waals surface area contributed by atoms with Crippen molar-refractivity contribution >= 4 is 34.9 Å². The van der Waals surface area contributed by atoms with E-state index < -0.39 is 0 Å². The Morgan fingerprint density at radius 3 is 2.37 bits per heavy atom. The zero-order valence-corrected chi connectivity index (χ0v) is 18.6. The highest BCUT2D eigenvalue weighted by Crippen LogP contribution is 2.28. The van der Waals surface area contributed by atoms with Crippen molar-refractivity contribution in [3.8, 4) is 11.5 Å². The summed E-state index contributed by atoms with van der Waals surface area (Å²) in [5, 5.41) is 9.86. The van der Waals surface area contributed by atoms with Gasteiger partial charge >= 0.3 is 0 Å². The highest BCUT2D eigenvalue weighted by Gasteiger charge is 2.17. The molecule has 2 aromatic rings. The van der Waals surface area contributed by atoms with Crippen molar-refractivity contribution in [3.63, 3.8) is 0 Å². The number of anilines is 2. The van der Waals surface area contributed by atoms with Gasteiger partial charge in [-0.25, -0.2) is 15.0 Å². The van der Waals surface area contributed by atoms with Gasteiger partial charge in [0.05, 0.1) is 25.9 Å². The summed E-state index contributed by atoms with van der Waals surface area (Å²) in [4.78, 5) is 13.7. The summed E-state index contributed by atoms with van der Waals surface area (Å²) in [6, 6.07) is 7.64. The zero-order valence-electron chi connectivity index (χ0n) is 17.8. The number of aryl methyl sites for hydroxylation is 2. The van der Waals surface area contributed by atoms with Gasteiger partial charge < -0.3 is 20.1 Å². The van der Waals surface area contributed by atoms with Gasteiger partial charge in [-0.05, 0) is 57.1 Å². The van der Waals surface area contributed by atoms with Crippen LogP contribution in [0.1, 0.15) is 37.1 Å². The second-order valence-corrected chi connectivity index (χ2v) is 7.57. The number of hydrogen-bond acceptors (Lipinski definition) is 6. The summed E-state index contributed by atoms with van der Waals surface area (Å²) in [6.45, 7) is 3.87. The molecule has 3 rings (SSSR count). The van der Waals surface area contributed by atoms with Gasteiger partial charge in [-0.3, -0.25) is 5.32 Å². The molecule has 8 nitrogen and oxygen atoms in total. The number of ether oxygens (including phenoxy) is 2. The Morgan fingerprint density at radius 2 is 1.73 bits per heavy atom. The van der Waals surface area contributed by atoms with E-state index in [0.29, 0.717) is 34.2 Å². The Morgan fingerprint density at radius 1 is 1.03 bits per heavy atom. The molecule has 0 radical (unpaired) electrons. The third-order valence-corrected chi connectivity index (χ3v) is 4.94. The molecule has 0 spiro atoms. The van der Waals surface area contributed by atoms with Gasteiger partial charge in [0.2, 0.25) is 11.9 Å². The smallest absolute Gasteiger partial charge is 0.229 e. The fourth-order valence-corrected chi connectivity index (χ4v) is 3.58. The fourth-order valence-electron chi connectivity index (χ4n) is 3.37. The van der Waals surface area contributed by atoms with E-state index in [-0.39, 0.29) is 6.04 Å². The number of thiocarbonyl (C=S) groups is 1. The molecular weight excluding hydrogens is 400 g/mol. The first-order valence-electron chi connectivity index (χ1n) is 9.94. The van der Waals surface area contributed by atoms with Crippen molar-refractivity contribution in [1.29, 1.82) is 0 Å². The van der Waals surface area contributed by atoms with E-state index in [1.54, 1.807) is 14.2 Å². The van der Waals surface area contributed by atoms with Crippen LogP contribution in [-0.4, -0.2) is 41.3 Å². The number of hydrogen-bond donors (Lipinski definition) is 3. The van der Waals surface area contributed by atoms with Crippen LogP contribution in [0.15, 0.2) is 29.3 Å². The molecule has 160 valence electrons. The quantitative estimate of drug-likeness (QED) is 0.376. The highest BCUT2D eigenvalue weighted by atomic mass is 32.1. The van der Waals surface area contributed by atoms with E-state index >= 15 is 0 Å². The summed E-state index contributed by atoms with van der Waals surface area (Å²) in [5.74, 6) is 2.35. The molecule has 0 saturated heterocycles. The normalized spacial score (nSPS) is 14.3. The van der Waals surface area contributed by atoms with Crippen molar-refractivity contribution in [3.05, 3.63) is 35.7 Å². The van der Waals surface area contributed by atoms with Crippen molar-refractivity contribution in [2.75, 3.05) is 24.9 Å². The average molecular weight is 429 g/mol. The number of nitrogens with zero attached hydrogens (tertiary/aromatic N) is 3. The monoisotopic (exact) mass is 428 g/mol. The van der Waals surface area contributed by atoms with E-state index in [0.717, 1.165) is 24.2 Å². The lowest BCUT2D eigenvalue weighted by Crippen LogP contribution is -2.40. The lowest BCUT2D eigenvalue weighted by atomic mass is 10.2. The molecule has 1 aliphatic carbocycles. The van der Waals surface area contributed by atoms with Crippen LogP contribution in [0.3, 0.4) is 0 Å². The lowest BCUT2D eigenvalue weighted by Gasteiger charge is -2.17. The molecular formula is C21H28N6O2S. The van der Waals surface area contributed by atoms with Crippen LogP contribution in [0, 0.1) is 13.8 Å². The standard InChI is InChI=1S/C21H28N6O2S/c1-13-11-14(2)23-19(22-13)26-20(24-15-7-5-6-8-15)27-21(30)25-17-12-16(28-3)9-10-18(17)29-4/h9-12,15H,5-8H2,1-4H3,(H3,22,23,24,25,26,27,30). The van der Waals surface area contributed by atoms with Gasteiger partial charge in [-0.1, -0.05) is 12.8 Å². The molecule has 3 N–H and O–H groups in total. The molecule has 1 aliphatic rings. The van der Waals surface area contributed by atoms with E-state index in [1.807, 2.05) is 38.1 Å². The Kier molecular flexibility index (Phi) is 7.40. The van der Waals surface area contributed by atoms with Crippen LogP contribution in [-0.2, 0) is 0 Å². The predicted molar refractivity (Wildman–Crippen MR) is 124 cm³/mol. The van der Waals surface area contributed by atoms with Crippen LogP contribution in [0.2, 0.25) is 0 Å². The molecule has 0 bridgehead atoms. The molecule has 0 unspecified atom stereocenters. The average Bonchev–Trinajstić information content (AvgIpc) is 3.20. The summed E-state index contributed by atoms with van der Waals surface area (Å²) in [7, 11) is 3.22. The number of rotatable bonds is 5. The lowest BCUT2D eigenvalue weighted by molar-refractivity contribution is 0.405. The third-order valence-electron chi connectivity index (χ3n) is 4.74. The van der Waals surface area contributed by atoms with Crippen molar-refractivity contribution in [2.45, 2.75) is 45.6 Å². The van der Waals surface area contributed by atoms with Crippen molar-refractivity contribution in [2.24, 2.45) is 4.99 Å². The number of guanidine groups is 1. The Balaban J connectivity index is 1.78. The fraction of sp³-hybridized carbons (Fsp3) is 0.429. The molecule has 0 atom stereocenters. The number of nitrogens with one attached hydrogen (secondary N) is 3. The second kappa shape index (κ2) is 10.2. The number of benzene rings is 1. The van der Waals surface area contributed by atoms with Gasteiger partial charge in [0, 0.05) is 17.5 Å². The van der Waals surface area contributed by atoms with Gasteiger partial charge in [0.1, 0.15) is 11.5 Å². The van der Waals surface area contributed by atoms with Gasteiger partial charge in [0.15, 0.2) is 5.11 Å². The minimum absolute atomic E-state index is 0.250. The maximum absolute atomic E-state index is 5.53. The second-order valence-electron chi connectivity index (χ2n) is 7.16. The number of methoxy groups -OCH3 is 2. The highest BCUT2D eigenvalue weighted by molar-refractivity contribution is 7.80. The van der Waals surface area contributed by atoms with E-state index in [1.165, 1.54) is 12.8 Å². The molecule has 9 heteroatoms. The molecule has 0 aliphatic heterocycles. The molecule has 1 saturated carbocycles. The minimum atomic E-state index is 0.250. The van der Waals surface area contributed by atoms with Gasteiger partial charge in [-0.15, -0.1) is 0 Å². The van der Waals surface area contributed by atoms with Crippen LogP contribution in [0.25, 0.3) is 0 Å². The summed E-state index contributed by atoms with van der Waals surface area (Å²) in [6.07, 6.45) is 4.49. The SMILES string of the molecule is COc1ccc(OC)c(NC(=S)NC(=NC2CCCC2)Nc2nc(C)cc(C)n2)c1. The van der Waals surface area contributed by atoms with E-state index in [4.69, 9.17) is 26.7 Å². The van der Waals surface area contributed by atoms with Crippen LogP contribution in [0.5, 0.6) is 11.5 Å². The Labute approximate surface area is 182 Å². The summed E-state index contributed by atoms with van der Waals surface area (Å²) < 4.78 is 10.7. The predicted octanol–water partition coefficient (Wildman–Crippen LogP) is 3.81. The van der Waals surface area contributed by atoms with Crippen molar-refractivity contribution < 1.29 is 9.47 Å². The molecule has 1 aromatic heterocycles. The topological polar surface area (TPSA) is 92.7 Å². The van der Waals surface area contributed by atoms with Crippen LogP contribution in [0.4, 0.5) is 11.6 Å². The third kappa shape index (κ3) is 6.03. The molecule has 1 heterocycles. The largest absolute Gasteiger partial charge is 0.497 e. The minimum Gasteiger partial charge on any atom is -0.497 e. The zero-order chi connectivity index (χ0) is 21.5. The van der Waals surface area contributed by atoms with Gasteiger partial charge in [0.25, 0.3) is 0 Å². The van der Waals surface area contributed by atoms with Crippen LogP contribution < -0.4 is 25.4 Å². The first kappa shape index (κ1) is 21.8. The van der Waals surface area contributed by atoms with Crippen LogP contribution >= 0.6 is 12.2 Å². The van der Waals surface area contributed by atoms with E-state index in [2.05, 4.69) is 25.9 Å². The first-order valence-corrected chi connectivity index (χ1v) is 10.3. The molecule has 1 aromatic carbocycles. The Hall–Kier alpha value is -2.94. The van der Waals surface area contributed by atoms with E-state index in [9.17, 15) is 0 Å². The van der Waals surface area contributed by atoms with Crippen molar-refractivity contribution in [1.82, 2.24) is 15.3 Å². The maximum Gasteiger partial charge on any atom is 0.229 e. The molecule has 30 heavy (non-hydrogen) atoms.